The van der Waals surface area contributed by atoms with Gasteiger partial charge in [0.2, 0.25) is 0 Å². The Bertz CT molecular complexity index is 391. The summed E-state index contributed by atoms with van der Waals surface area (Å²) in [5.74, 6) is 1.09. The van der Waals surface area contributed by atoms with Crippen LogP contribution >= 0.6 is 0 Å². The summed E-state index contributed by atoms with van der Waals surface area (Å²) in [4.78, 5) is 7.18. The first-order valence-corrected chi connectivity index (χ1v) is 7.71. The van der Waals surface area contributed by atoms with E-state index in [1.54, 1.807) is 0 Å². The number of nitrogens with zero attached hydrogens (tertiary/aromatic N) is 2. The first-order chi connectivity index (χ1) is 9.26. The monoisotopic (exact) mass is 261 g/mol. The Morgan fingerprint density at radius 1 is 1.47 bits per heavy atom. The maximum Gasteiger partial charge on any atom is 0.130 e. The zero-order chi connectivity index (χ0) is 13.7. The molecule has 106 valence electrons. The van der Waals surface area contributed by atoms with E-state index >= 15 is 0 Å². The molecule has 1 aromatic heterocycles. The third-order valence-electron chi connectivity index (χ3n) is 4.07. The van der Waals surface area contributed by atoms with E-state index in [2.05, 4.69) is 48.1 Å². The second kappa shape index (κ2) is 6.90. The molecular formula is C16H27N3. The van der Waals surface area contributed by atoms with Crippen LogP contribution in [0.3, 0.4) is 0 Å². The minimum Gasteiger partial charge on any atom is -0.367 e. The molecule has 0 bridgehead atoms. The predicted octanol–water partition coefficient (Wildman–Crippen LogP) is 3.84. The molecule has 0 unspecified atom stereocenters. The predicted molar refractivity (Wildman–Crippen MR) is 81.5 cm³/mol. The molecule has 2 rings (SSSR count). The summed E-state index contributed by atoms with van der Waals surface area (Å²) in [6, 6.07) is 5.35. The average molecular weight is 261 g/mol. The van der Waals surface area contributed by atoms with Crippen LogP contribution in [-0.2, 0) is 0 Å². The highest BCUT2D eigenvalue weighted by Crippen LogP contribution is 2.35. The summed E-state index contributed by atoms with van der Waals surface area (Å²) >= 11 is 0. The number of hydrogen-bond donors (Lipinski definition) is 1. The third kappa shape index (κ3) is 3.47. The van der Waals surface area contributed by atoms with Crippen molar-refractivity contribution < 1.29 is 0 Å². The highest BCUT2D eigenvalue weighted by molar-refractivity contribution is 5.46. The van der Waals surface area contributed by atoms with Gasteiger partial charge in [-0.25, -0.2) is 4.98 Å². The van der Waals surface area contributed by atoms with Gasteiger partial charge in [-0.05, 0) is 51.8 Å². The Morgan fingerprint density at radius 2 is 2.32 bits per heavy atom. The van der Waals surface area contributed by atoms with Crippen molar-refractivity contribution in [3.63, 3.8) is 0 Å². The Morgan fingerprint density at radius 3 is 3.05 bits per heavy atom. The van der Waals surface area contributed by atoms with Gasteiger partial charge < -0.3 is 5.32 Å². The Balaban J connectivity index is 2.18. The van der Waals surface area contributed by atoms with Crippen molar-refractivity contribution in [2.45, 2.75) is 58.5 Å². The highest BCUT2D eigenvalue weighted by atomic mass is 15.2. The quantitative estimate of drug-likeness (QED) is 0.843. The Hall–Kier alpha value is -1.09. The molecule has 2 heterocycles. The smallest absolute Gasteiger partial charge is 0.130 e. The van der Waals surface area contributed by atoms with Gasteiger partial charge in [-0.3, -0.25) is 4.90 Å². The van der Waals surface area contributed by atoms with E-state index in [1.165, 1.54) is 37.9 Å². The molecule has 1 saturated heterocycles. The van der Waals surface area contributed by atoms with E-state index in [-0.39, 0.29) is 0 Å². The number of hydrogen-bond acceptors (Lipinski definition) is 3. The number of likely N-dealkylation sites (tertiary alicyclic amines) is 1. The lowest BCUT2D eigenvalue weighted by atomic mass is 10.0. The molecule has 1 aromatic rings. The van der Waals surface area contributed by atoms with Crippen LogP contribution in [0.2, 0.25) is 0 Å². The van der Waals surface area contributed by atoms with Gasteiger partial charge in [-0.15, -0.1) is 0 Å². The SMILES string of the molecule is CCCN1CCC[C@H]1c1cccnc1N[C@@H](C)CC. The van der Waals surface area contributed by atoms with Gasteiger partial charge >= 0.3 is 0 Å². The average Bonchev–Trinajstić information content (AvgIpc) is 2.88. The minimum absolute atomic E-state index is 0.481. The van der Waals surface area contributed by atoms with Gasteiger partial charge in [0, 0.05) is 23.8 Å². The van der Waals surface area contributed by atoms with Crippen LogP contribution in [0.15, 0.2) is 18.3 Å². The molecule has 1 N–H and O–H groups in total. The van der Waals surface area contributed by atoms with Crippen LogP contribution in [0.1, 0.15) is 58.1 Å². The molecule has 1 aliphatic rings. The van der Waals surface area contributed by atoms with E-state index in [1.807, 2.05) is 6.20 Å². The fourth-order valence-corrected chi connectivity index (χ4v) is 2.88. The lowest BCUT2D eigenvalue weighted by molar-refractivity contribution is 0.258. The number of aromatic nitrogens is 1. The van der Waals surface area contributed by atoms with Crippen LogP contribution in [0.5, 0.6) is 0 Å². The van der Waals surface area contributed by atoms with Crippen LogP contribution in [0.4, 0.5) is 5.82 Å². The number of rotatable bonds is 6. The van der Waals surface area contributed by atoms with Crippen molar-refractivity contribution in [1.82, 2.24) is 9.88 Å². The maximum atomic E-state index is 4.57. The first kappa shape index (κ1) is 14.3. The summed E-state index contributed by atoms with van der Waals surface area (Å²) in [7, 11) is 0. The van der Waals surface area contributed by atoms with E-state index in [9.17, 15) is 0 Å². The third-order valence-corrected chi connectivity index (χ3v) is 4.07. The van der Waals surface area contributed by atoms with E-state index < -0.39 is 0 Å². The Kier molecular flexibility index (Phi) is 5.20. The molecule has 3 heteroatoms. The van der Waals surface area contributed by atoms with Crippen molar-refractivity contribution in [2.24, 2.45) is 0 Å². The topological polar surface area (TPSA) is 28.2 Å². The number of anilines is 1. The minimum atomic E-state index is 0.481. The second-order valence-corrected chi connectivity index (χ2v) is 5.59. The van der Waals surface area contributed by atoms with Crippen molar-refractivity contribution in [2.75, 3.05) is 18.4 Å². The van der Waals surface area contributed by atoms with Crippen LogP contribution < -0.4 is 5.32 Å². The van der Waals surface area contributed by atoms with Gasteiger partial charge in [0.15, 0.2) is 0 Å². The molecule has 0 radical (unpaired) electrons. The van der Waals surface area contributed by atoms with E-state index in [4.69, 9.17) is 0 Å². The van der Waals surface area contributed by atoms with Crippen molar-refractivity contribution >= 4 is 5.82 Å². The molecular weight excluding hydrogens is 234 g/mol. The van der Waals surface area contributed by atoms with Gasteiger partial charge in [0.1, 0.15) is 5.82 Å². The van der Waals surface area contributed by atoms with Crippen molar-refractivity contribution in [3.8, 4) is 0 Å². The van der Waals surface area contributed by atoms with Crippen molar-refractivity contribution in [3.05, 3.63) is 23.9 Å². The summed E-state index contributed by atoms with van der Waals surface area (Å²) in [5, 5.41) is 3.56. The molecule has 3 nitrogen and oxygen atoms in total. The summed E-state index contributed by atoms with van der Waals surface area (Å²) in [5.41, 5.74) is 1.38. The zero-order valence-corrected chi connectivity index (χ0v) is 12.5. The van der Waals surface area contributed by atoms with E-state index in [0.29, 0.717) is 12.1 Å². The first-order valence-electron chi connectivity index (χ1n) is 7.71. The van der Waals surface area contributed by atoms with Gasteiger partial charge in [0.25, 0.3) is 0 Å². The second-order valence-electron chi connectivity index (χ2n) is 5.59. The Labute approximate surface area is 117 Å². The normalized spacial score (nSPS) is 21.5. The lowest BCUT2D eigenvalue weighted by Gasteiger charge is -2.26. The molecule has 0 aromatic carbocycles. The zero-order valence-electron chi connectivity index (χ0n) is 12.5. The van der Waals surface area contributed by atoms with Gasteiger partial charge in [-0.2, -0.15) is 0 Å². The van der Waals surface area contributed by atoms with Crippen LogP contribution in [-0.4, -0.2) is 29.0 Å². The highest BCUT2D eigenvalue weighted by Gasteiger charge is 2.27. The molecule has 1 fully saturated rings. The van der Waals surface area contributed by atoms with Gasteiger partial charge in [0.05, 0.1) is 0 Å². The van der Waals surface area contributed by atoms with Crippen LogP contribution in [0.25, 0.3) is 0 Å². The fourth-order valence-electron chi connectivity index (χ4n) is 2.88. The van der Waals surface area contributed by atoms with E-state index in [0.717, 1.165) is 12.2 Å². The molecule has 0 amide bonds. The molecule has 1 aliphatic heterocycles. The summed E-state index contributed by atoms with van der Waals surface area (Å²) in [6.07, 6.45) is 6.82. The molecule has 2 atom stereocenters. The number of nitrogens with one attached hydrogen (secondary N) is 1. The standard InChI is InChI=1S/C16H27N3/c1-4-11-19-12-7-9-15(19)14-8-6-10-17-16(14)18-13(3)5-2/h6,8,10,13,15H,4-5,7,9,11-12H2,1-3H3,(H,17,18)/t13-,15-/m0/s1. The van der Waals surface area contributed by atoms with Crippen molar-refractivity contribution in [1.29, 1.82) is 0 Å². The van der Waals surface area contributed by atoms with Crippen LogP contribution in [0, 0.1) is 0 Å². The van der Waals surface area contributed by atoms with Gasteiger partial charge in [-0.1, -0.05) is 19.9 Å². The summed E-state index contributed by atoms with van der Waals surface area (Å²) in [6.45, 7) is 9.12. The maximum absolute atomic E-state index is 4.57. The fraction of sp³-hybridized carbons (Fsp3) is 0.688. The molecule has 0 spiro atoms. The summed E-state index contributed by atoms with van der Waals surface area (Å²) < 4.78 is 0. The molecule has 19 heavy (non-hydrogen) atoms. The molecule has 0 saturated carbocycles. The number of pyridine rings is 1. The molecule has 0 aliphatic carbocycles. The largest absolute Gasteiger partial charge is 0.367 e. The lowest BCUT2D eigenvalue weighted by Crippen LogP contribution is -2.26.